The molecule has 0 aliphatic rings. The number of hydrogen-bond donors (Lipinski definition) is 1. The van der Waals surface area contributed by atoms with E-state index in [0.29, 0.717) is 23.0 Å². The molecule has 0 radical (unpaired) electrons. The maximum Gasteiger partial charge on any atom is 0.222 e. The Morgan fingerprint density at radius 3 is 2.75 bits per heavy atom. The fourth-order valence-electron chi connectivity index (χ4n) is 2.52. The van der Waals surface area contributed by atoms with Gasteiger partial charge < -0.3 is 14.8 Å². The quantitative estimate of drug-likeness (QED) is 0.617. The number of anilines is 2. The normalized spacial score (nSPS) is 10.9. The molecular formula is C16H14N6O2. The number of fused-ring (bicyclic) bond motifs is 3. The first kappa shape index (κ1) is 14.2. The maximum absolute atomic E-state index is 5.41. The van der Waals surface area contributed by atoms with E-state index in [9.17, 15) is 0 Å². The number of tetrazole rings is 1. The second-order valence-corrected chi connectivity index (χ2v) is 5.05. The lowest BCUT2D eigenvalue weighted by Gasteiger charge is -2.12. The third-order valence-corrected chi connectivity index (χ3v) is 3.69. The Kier molecular flexibility index (Phi) is 3.34. The monoisotopic (exact) mass is 322 g/mol. The predicted molar refractivity (Wildman–Crippen MR) is 88.9 cm³/mol. The van der Waals surface area contributed by atoms with Gasteiger partial charge in [0.15, 0.2) is 5.82 Å². The number of ether oxygens (including phenoxy) is 2. The SMILES string of the molecule is COc1ccc(Nc2nc3ccccc3n3nnnc23)c(OC)c1. The lowest BCUT2D eigenvalue weighted by molar-refractivity contribution is 0.395. The highest BCUT2D eigenvalue weighted by atomic mass is 16.5. The van der Waals surface area contributed by atoms with Crippen molar-refractivity contribution in [3.05, 3.63) is 42.5 Å². The Labute approximate surface area is 137 Å². The van der Waals surface area contributed by atoms with Crippen molar-refractivity contribution in [3.8, 4) is 11.5 Å². The van der Waals surface area contributed by atoms with Crippen molar-refractivity contribution >= 4 is 28.2 Å². The summed E-state index contributed by atoms with van der Waals surface area (Å²) in [7, 11) is 3.21. The van der Waals surface area contributed by atoms with Crippen molar-refractivity contribution in [1.29, 1.82) is 0 Å². The summed E-state index contributed by atoms with van der Waals surface area (Å²) >= 11 is 0. The average Bonchev–Trinajstić information content (AvgIpc) is 3.12. The Balaban J connectivity index is 1.86. The highest BCUT2D eigenvalue weighted by Gasteiger charge is 2.13. The summed E-state index contributed by atoms with van der Waals surface area (Å²) < 4.78 is 12.3. The molecule has 2 heterocycles. The van der Waals surface area contributed by atoms with Crippen LogP contribution in [0.4, 0.5) is 11.5 Å². The fourth-order valence-corrected chi connectivity index (χ4v) is 2.52. The smallest absolute Gasteiger partial charge is 0.222 e. The van der Waals surface area contributed by atoms with E-state index in [1.165, 1.54) is 0 Å². The molecule has 0 saturated heterocycles. The summed E-state index contributed by atoms with van der Waals surface area (Å²) in [6, 6.07) is 13.2. The second-order valence-electron chi connectivity index (χ2n) is 5.05. The van der Waals surface area contributed by atoms with Crippen LogP contribution in [0.25, 0.3) is 16.7 Å². The number of para-hydroxylation sites is 2. The largest absolute Gasteiger partial charge is 0.497 e. The molecule has 0 aliphatic carbocycles. The molecular weight excluding hydrogens is 308 g/mol. The van der Waals surface area contributed by atoms with Gasteiger partial charge in [-0.05, 0) is 34.7 Å². The van der Waals surface area contributed by atoms with Crippen LogP contribution in [0.15, 0.2) is 42.5 Å². The summed E-state index contributed by atoms with van der Waals surface area (Å²) in [4.78, 5) is 4.63. The van der Waals surface area contributed by atoms with Crippen LogP contribution in [0.5, 0.6) is 11.5 Å². The molecule has 120 valence electrons. The molecule has 8 heteroatoms. The molecule has 0 bridgehead atoms. The second kappa shape index (κ2) is 5.65. The molecule has 8 nitrogen and oxygen atoms in total. The summed E-state index contributed by atoms with van der Waals surface area (Å²) in [5, 5.41) is 15.1. The number of methoxy groups -OCH3 is 2. The Morgan fingerprint density at radius 2 is 1.92 bits per heavy atom. The van der Waals surface area contributed by atoms with Crippen molar-refractivity contribution < 1.29 is 9.47 Å². The summed E-state index contributed by atoms with van der Waals surface area (Å²) in [6.45, 7) is 0. The molecule has 2 aromatic carbocycles. The zero-order valence-electron chi connectivity index (χ0n) is 13.1. The van der Waals surface area contributed by atoms with E-state index in [1.54, 1.807) is 24.8 Å². The first-order chi connectivity index (χ1) is 11.8. The number of hydrogen-bond acceptors (Lipinski definition) is 7. The van der Waals surface area contributed by atoms with Crippen molar-refractivity contribution in [3.63, 3.8) is 0 Å². The molecule has 0 atom stereocenters. The number of rotatable bonds is 4. The fraction of sp³-hybridized carbons (Fsp3) is 0.125. The molecule has 0 amide bonds. The van der Waals surface area contributed by atoms with Crippen LogP contribution in [-0.4, -0.2) is 39.2 Å². The Bertz CT molecular complexity index is 1030. The lowest BCUT2D eigenvalue weighted by Crippen LogP contribution is -2.02. The zero-order chi connectivity index (χ0) is 16.5. The van der Waals surface area contributed by atoms with Gasteiger partial charge in [-0.2, -0.15) is 4.52 Å². The first-order valence-corrected chi connectivity index (χ1v) is 7.26. The molecule has 0 fully saturated rings. The van der Waals surface area contributed by atoms with Gasteiger partial charge in [-0.1, -0.05) is 12.1 Å². The highest BCUT2D eigenvalue weighted by molar-refractivity contribution is 5.84. The topological polar surface area (TPSA) is 86.5 Å². The van der Waals surface area contributed by atoms with Gasteiger partial charge in [-0.3, -0.25) is 0 Å². The van der Waals surface area contributed by atoms with E-state index in [-0.39, 0.29) is 0 Å². The minimum absolute atomic E-state index is 0.534. The van der Waals surface area contributed by atoms with Gasteiger partial charge >= 0.3 is 0 Å². The van der Waals surface area contributed by atoms with E-state index in [1.807, 2.05) is 36.4 Å². The van der Waals surface area contributed by atoms with Crippen molar-refractivity contribution in [2.24, 2.45) is 0 Å². The van der Waals surface area contributed by atoms with Crippen molar-refractivity contribution in [2.75, 3.05) is 19.5 Å². The van der Waals surface area contributed by atoms with Gasteiger partial charge in [0, 0.05) is 6.07 Å². The van der Waals surface area contributed by atoms with E-state index in [0.717, 1.165) is 16.7 Å². The van der Waals surface area contributed by atoms with E-state index in [4.69, 9.17) is 9.47 Å². The molecule has 0 unspecified atom stereocenters. The molecule has 4 aromatic rings. The molecule has 1 N–H and O–H groups in total. The van der Waals surface area contributed by atoms with Gasteiger partial charge in [0.2, 0.25) is 5.65 Å². The van der Waals surface area contributed by atoms with Crippen molar-refractivity contribution in [1.82, 2.24) is 25.0 Å². The van der Waals surface area contributed by atoms with Crippen LogP contribution in [0.1, 0.15) is 0 Å². The molecule has 24 heavy (non-hydrogen) atoms. The van der Waals surface area contributed by atoms with Crippen LogP contribution in [0.3, 0.4) is 0 Å². The third-order valence-electron chi connectivity index (χ3n) is 3.69. The number of benzene rings is 2. The molecule has 0 saturated carbocycles. The van der Waals surface area contributed by atoms with Crippen LogP contribution >= 0.6 is 0 Å². The standard InChI is InChI=1S/C16H14N6O2/c1-23-10-7-8-12(14(9-10)24-2)18-15-16-19-20-21-22(16)13-6-4-3-5-11(13)17-15/h3-9H,1-2H3,(H,17,18). The number of nitrogens with zero attached hydrogens (tertiary/aromatic N) is 5. The lowest BCUT2D eigenvalue weighted by atomic mass is 10.2. The van der Waals surface area contributed by atoms with E-state index < -0.39 is 0 Å². The zero-order valence-corrected chi connectivity index (χ0v) is 13.1. The van der Waals surface area contributed by atoms with Crippen LogP contribution < -0.4 is 14.8 Å². The molecule has 0 spiro atoms. The van der Waals surface area contributed by atoms with Crippen LogP contribution in [-0.2, 0) is 0 Å². The van der Waals surface area contributed by atoms with Crippen LogP contribution in [0.2, 0.25) is 0 Å². The van der Waals surface area contributed by atoms with Gasteiger partial charge in [-0.15, -0.1) is 5.10 Å². The molecule has 4 rings (SSSR count). The summed E-state index contributed by atoms with van der Waals surface area (Å²) in [5.74, 6) is 1.88. The highest BCUT2D eigenvalue weighted by Crippen LogP contribution is 2.32. The first-order valence-electron chi connectivity index (χ1n) is 7.26. The summed E-state index contributed by atoms with van der Waals surface area (Å²) in [5.41, 5.74) is 2.90. The number of nitrogens with one attached hydrogen (secondary N) is 1. The average molecular weight is 322 g/mol. The Hall–Kier alpha value is -3.42. The maximum atomic E-state index is 5.41. The van der Waals surface area contributed by atoms with Gasteiger partial charge in [0.1, 0.15) is 11.5 Å². The number of aromatic nitrogens is 5. The van der Waals surface area contributed by atoms with Gasteiger partial charge in [0.05, 0.1) is 30.9 Å². The molecule has 0 aliphatic heterocycles. The molecule has 2 aromatic heterocycles. The predicted octanol–water partition coefficient (Wildman–Crippen LogP) is 2.43. The van der Waals surface area contributed by atoms with Crippen LogP contribution in [0, 0.1) is 0 Å². The summed E-state index contributed by atoms with van der Waals surface area (Å²) in [6.07, 6.45) is 0. The van der Waals surface area contributed by atoms with Crippen molar-refractivity contribution in [2.45, 2.75) is 0 Å². The Morgan fingerprint density at radius 1 is 1.04 bits per heavy atom. The minimum atomic E-state index is 0.534. The van der Waals surface area contributed by atoms with Gasteiger partial charge in [-0.25, -0.2) is 4.98 Å². The van der Waals surface area contributed by atoms with Gasteiger partial charge in [0.25, 0.3) is 0 Å². The van der Waals surface area contributed by atoms with E-state index in [2.05, 4.69) is 25.8 Å². The van der Waals surface area contributed by atoms with E-state index >= 15 is 0 Å². The minimum Gasteiger partial charge on any atom is -0.497 e. The third kappa shape index (κ3) is 2.24.